The number of aliphatic imine (C=N–C) groups is 1. The number of rotatable bonds is 5. The van der Waals surface area contributed by atoms with Crippen molar-refractivity contribution in [3.63, 3.8) is 0 Å². The number of nitrogens with zero attached hydrogens (tertiary/aromatic N) is 2. The minimum Gasteiger partial charge on any atom is -0.326 e. The van der Waals surface area contributed by atoms with Gasteiger partial charge in [-0.25, -0.2) is 4.99 Å². The van der Waals surface area contributed by atoms with Crippen molar-refractivity contribution < 1.29 is 9.59 Å². The lowest BCUT2D eigenvalue weighted by Crippen LogP contribution is -2.33. The van der Waals surface area contributed by atoms with Crippen LogP contribution in [0.25, 0.3) is 0 Å². The second kappa shape index (κ2) is 9.15. The number of anilines is 2. The summed E-state index contributed by atoms with van der Waals surface area (Å²) in [5.41, 5.74) is 2.07. The molecule has 0 spiro atoms. The van der Waals surface area contributed by atoms with Gasteiger partial charge in [0.2, 0.25) is 11.8 Å². The van der Waals surface area contributed by atoms with E-state index in [1.807, 2.05) is 60.7 Å². The first-order valence-electron chi connectivity index (χ1n) is 9.35. The van der Waals surface area contributed by atoms with E-state index in [4.69, 9.17) is 11.6 Å². The number of carbonyl (C=O) groups excluding carboxylic acids is 2. The molecule has 2 amide bonds. The first kappa shape index (κ1) is 20.2. The molecule has 0 bridgehead atoms. The third kappa shape index (κ3) is 4.72. The highest BCUT2D eigenvalue weighted by molar-refractivity contribution is 8.16. The molecule has 0 aromatic heterocycles. The number of amidine groups is 1. The number of hydrogen-bond acceptors (Lipinski definition) is 4. The Bertz CT molecular complexity index is 1090. The lowest BCUT2D eigenvalue weighted by atomic mass is 10.2. The van der Waals surface area contributed by atoms with E-state index in [0.29, 0.717) is 15.9 Å². The quantitative estimate of drug-likeness (QED) is 0.575. The molecule has 5 nitrogen and oxygen atoms in total. The summed E-state index contributed by atoms with van der Waals surface area (Å²) in [4.78, 5) is 32.0. The third-order valence-electron chi connectivity index (χ3n) is 4.41. The van der Waals surface area contributed by atoms with E-state index in [0.717, 1.165) is 11.4 Å². The Hall–Kier alpha value is -3.09. The molecular formula is C23H18ClN3O2S. The molecule has 3 aromatic carbocycles. The maximum absolute atomic E-state index is 13.2. The average Bonchev–Trinajstić information content (AvgIpc) is 3.04. The van der Waals surface area contributed by atoms with Crippen LogP contribution < -0.4 is 10.2 Å². The van der Waals surface area contributed by atoms with Gasteiger partial charge in [0.15, 0.2) is 5.17 Å². The number of carbonyl (C=O) groups is 2. The Labute approximate surface area is 183 Å². The van der Waals surface area contributed by atoms with E-state index < -0.39 is 5.25 Å². The second-order valence-corrected chi connectivity index (χ2v) is 8.21. The van der Waals surface area contributed by atoms with E-state index in [1.165, 1.54) is 11.8 Å². The number of hydrogen-bond donors (Lipinski definition) is 1. The van der Waals surface area contributed by atoms with Crippen molar-refractivity contribution in [3.05, 3.63) is 90.0 Å². The summed E-state index contributed by atoms with van der Waals surface area (Å²) < 4.78 is 0. The molecule has 1 aliphatic rings. The first-order valence-corrected chi connectivity index (χ1v) is 10.6. The lowest BCUT2D eigenvalue weighted by molar-refractivity contribution is -0.121. The van der Waals surface area contributed by atoms with Gasteiger partial charge in [-0.05, 0) is 42.5 Å². The molecule has 0 aliphatic carbocycles. The normalized spacial score (nSPS) is 17.4. The van der Waals surface area contributed by atoms with Gasteiger partial charge in [0.25, 0.3) is 0 Å². The van der Waals surface area contributed by atoms with Crippen molar-refractivity contribution in [2.24, 2.45) is 4.99 Å². The molecule has 4 rings (SSSR count). The molecule has 1 aliphatic heterocycles. The topological polar surface area (TPSA) is 61.8 Å². The molecule has 30 heavy (non-hydrogen) atoms. The Morgan fingerprint density at radius 2 is 1.70 bits per heavy atom. The number of halogens is 1. The van der Waals surface area contributed by atoms with Crippen LogP contribution in [-0.4, -0.2) is 22.2 Å². The van der Waals surface area contributed by atoms with Gasteiger partial charge in [0.05, 0.1) is 11.4 Å². The fourth-order valence-electron chi connectivity index (χ4n) is 3.05. The molecule has 0 radical (unpaired) electrons. The number of amides is 2. The summed E-state index contributed by atoms with van der Waals surface area (Å²) in [6, 6.07) is 25.7. The van der Waals surface area contributed by atoms with E-state index in [-0.39, 0.29) is 18.2 Å². The van der Waals surface area contributed by atoms with Gasteiger partial charge >= 0.3 is 0 Å². The SMILES string of the molecule is O=C(C[C@H]1SC(=Nc2ccccc2)N(c2ccccc2)C1=O)Nc1cccc(Cl)c1. The first-order chi connectivity index (χ1) is 14.6. The maximum Gasteiger partial charge on any atom is 0.247 e. The second-order valence-electron chi connectivity index (χ2n) is 6.61. The van der Waals surface area contributed by atoms with Gasteiger partial charge in [-0.15, -0.1) is 0 Å². The van der Waals surface area contributed by atoms with Crippen molar-refractivity contribution in [2.75, 3.05) is 10.2 Å². The van der Waals surface area contributed by atoms with Crippen LogP contribution in [0.1, 0.15) is 6.42 Å². The Balaban J connectivity index is 1.56. The highest BCUT2D eigenvalue weighted by Gasteiger charge is 2.40. The predicted octanol–water partition coefficient (Wildman–Crippen LogP) is 5.50. The fraction of sp³-hybridized carbons (Fsp3) is 0.0870. The van der Waals surface area contributed by atoms with Gasteiger partial charge in [-0.1, -0.05) is 65.8 Å². The maximum atomic E-state index is 13.2. The highest BCUT2D eigenvalue weighted by Crippen LogP contribution is 2.35. The summed E-state index contributed by atoms with van der Waals surface area (Å²) in [5, 5.41) is 3.33. The molecule has 1 saturated heterocycles. The molecule has 7 heteroatoms. The molecule has 1 heterocycles. The van der Waals surface area contributed by atoms with Crippen LogP contribution in [0.3, 0.4) is 0 Å². The zero-order valence-electron chi connectivity index (χ0n) is 15.9. The molecule has 1 atom stereocenters. The van der Waals surface area contributed by atoms with Crippen LogP contribution in [0.15, 0.2) is 89.9 Å². The Morgan fingerprint density at radius 1 is 1.00 bits per heavy atom. The molecular weight excluding hydrogens is 418 g/mol. The minimum absolute atomic E-state index is 0.0349. The number of para-hydroxylation sites is 2. The van der Waals surface area contributed by atoms with Gasteiger partial charge in [0.1, 0.15) is 5.25 Å². The molecule has 1 N–H and O–H groups in total. The van der Waals surface area contributed by atoms with Gasteiger partial charge < -0.3 is 5.32 Å². The zero-order chi connectivity index (χ0) is 20.9. The van der Waals surface area contributed by atoms with Crippen LogP contribution in [0.5, 0.6) is 0 Å². The van der Waals surface area contributed by atoms with Gasteiger partial charge in [-0.3, -0.25) is 14.5 Å². The van der Waals surface area contributed by atoms with Crippen molar-refractivity contribution in [1.82, 2.24) is 0 Å². The van der Waals surface area contributed by atoms with Crippen LogP contribution in [0.2, 0.25) is 5.02 Å². The zero-order valence-corrected chi connectivity index (χ0v) is 17.4. The third-order valence-corrected chi connectivity index (χ3v) is 5.78. The van der Waals surface area contributed by atoms with Crippen LogP contribution in [0.4, 0.5) is 17.1 Å². The average molecular weight is 436 g/mol. The summed E-state index contributed by atoms with van der Waals surface area (Å²) in [5.74, 6) is -0.417. The van der Waals surface area contributed by atoms with Gasteiger partial charge in [-0.2, -0.15) is 0 Å². The summed E-state index contributed by atoms with van der Waals surface area (Å²) in [7, 11) is 0. The molecule has 0 saturated carbocycles. The van der Waals surface area contributed by atoms with E-state index in [2.05, 4.69) is 10.3 Å². The summed E-state index contributed by atoms with van der Waals surface area (Å²) in [6.45, 7) is 0. The largest absolute Gasteiger partial charge is 0.326 e. The van der Waals surface area contributed by atoms with Crippen molar-refractivity contribution in [3.8, 4) is 0 Å². The number of thioether (sulfide) groups is 1. The van der Waals surface area contributed by atoms with Crippen LogP contribution in [-0.2, 0) is 9.59 Å². The number of nitrogens with one attached hydrogen (secondary N) is 1. The standard InChI is InChI=1S/C23H18ClN3O2S/c24-16-8-7-11-18(14-16)25-21(28)15-20-22(29)27(19-12-5-2-6-13-19)23(30-20)26-17-9-3-1-4-10-17/h1-14,20H,15H2,(H,25,28)/t20-/m1/s1. The van der Waals surface area contributed by atoms with Crippen molar-refractivity contribution >= 4 is 57.4 Å². The highest BCUT2D eigenvalue weighted by atomic mass is 35.5. The van der Waals surface area contributed by atoms with Crippen LogP contribution >= 0.6 is 23.4 Å². The fourth-order valence-corrected chi connectivity index (χ4v) is 4.39. The number of benzene rings is 3. The smallest absolute Gasteiger partial charge is 0.247 e. The molecule has 3 aromatic rings. The van der Waals surface area contributed by atoms with Crippen molar-refractivity contribution in [1.29, 1.82) is 0 Å². The van der Waals surface area contributed by atoms with E-state index >= 15 is 0 Å². The van der Waals surface area contributed by atoms with Gasteiger partial charge in [0, 0.05) is 17.1 Å². The monoisotopic (exact) mass is 435 g/mol. The van der Waals surface area contributed by atoms with Crippen molar-refractivity contribution in [2.45, 2.75) is 11.7 Å². The Kier molecular flexibility index (Phi) is 6.16. The lowest BCUT2D eigenvalue weighted by Gasteiger charge is -2.16. The predicted molar refractivity (Wildman–Crippen MR) is 124 cm³/mol. The molecule has 1 fully saturated rings. The molecule has 150 valence electrons. The summed E-state index contributed by atoms with van der Waals surface area (Å²) >= 11 is 7.27. The Morgan fingerprint density at radius 3 is 2.40 bits per heavy atom. The molecule has 0 unspecified atom stereocenters. The minimum atomic E-state index is -0.563. The summed E-state index contributed by atoms with van der Waals surface area (Å²) in [6.07, 6.45) is 0.0349. The van der Waals surface area contributed by atoms with E-state index in [9.17, 15) is 9.59 Å². The van der Waals surface area contributed by atoms with Crippen LogP contribution in [0, 0.1) is 0 Å². The van der Waals surface area contributed by atoms with E-state index in [1.54, 1.807) is 29.2 Å².